The molecule has 2 heteroatoms. The van der Waals surface area contributed by atoms with E-state index in [0.29, 0.717) is 18.1 Å². The van der Waals surface area contributed by atoms with Crippen molar-refractivity contribution in [2.75, 3.05) is 0 Å². The number of aryl methyl sites for hydroxylation is 1. The third kappa shape index (κ3) is 3.69. The van der Waals surface area contributed by atoms with Gasteiger partial charge < -0.3 is 4.74 Å². The minimum atomic E-state index is -0.137. The van der Waals surface area contributed by atoms with Crippen LogP contribution in [-0.2, 0) is 4.79 Å². The first-order valence-electron chi connectivity index (χ1n) is 5.77. The Hall–Kier alpha value is -1.31. The maximum atomic E-state index is 11.6. The summed E-state index contributed by atoms with van der Waals surface area (Å²) in [6, 6.07) is 5.77. The van der Waals surface area contributed by atoms with E-state index in [2.05, 4.69) is 13.8 Å². The van der Waals surface area contributed by atoms with Crippen molar-refractivity contribution in [1.82, 2.24) is 0 Å². The molecule has 1 aromatic carbocycles. The minimum absolute atomic E-state index is 0.137. The largest absolute Gasteiger partial charge is 0.426 e. The van der Waals surface area contributed by atoms with E-state index in [4.69, 9.17) is 4.74 Å². The van der Waals surface area contributed by atoms with Gasteiger partial charge in [-0.05, 0) is 43.4 Å². The van der Waals surface area contributed by atoms with Crippen LogP contribution >= 0.6 is 0 Å². The summed E-state index contributed by atoms with van der Waals surface area (Å²) in [5, 5.41) is 0. The van der Waals surface area contributed by atoms with Crippen molar-refractivity contribution in [2.45, 2.75) is 40.5 Å². The second-order valence-electron chi connectivity index (χ2n) is 4.60. The smallest absolute Gasteiger partial charge is 0.311 e. The highest BCUT2D eigenvalue weighted by Gasteiger charge is 2.08. The van der Waals surface area contributed by atoms with E-state index in [1.165, 1.54) is 0 Å². The van der Waals surface area contributed by atoms with Gasteiger partial charge in [0.05, 0.1) is 0 Å². The molecule has 1 rings (SSSR count). The van der Waals surface area contributed by atoms with Gasteiger partial charge in [-0.2, -0.15) is 0 Å². The molecule has 1 aromatic rings. The number of esters is 1. The maximum absolute atomic E-state index is 11.6. The molecule has 0 aromatic heterocycles. The molecule has 0 radical (unpaired) electrons. The van der Waals surface area contributed by atoms with E-state index in [1.54, 1.807) is 0 Å². The quantitative estimate of drug-likeness (QED) is 0.572. The van der Waals surface area contributed by atoms with Crippen LogP contribution in [0.15, 0.2) is 18.2 Å². The summed E-state index contributed by atoms with van der Waals surface area (Å²) in [6.07, 6.45) is 1.37. The molecule has 0 amide bonds. The Morgan fingerprint density at radius 2 is 2.00 bits per heavy atom. The second kappa shape index (κ2) is 5.69. The van der Waals surface area contributed by atoms with Gasteiger partial charge in [0.15, 0.2) is 0 Å². The fourth-order valence-electron chi connectivity index (χ4n) is 1.41. The normalized spacial score (nSPS) is 10.6. The van der Waals surface area contributed by atoms with Crippen molar-refractivity contribution in [2.24, 2.45) is 5.92 Å². The third-order valence-corrected chi connectivity index (χ3v) is 2.70. The first-order valence-corrected chi connectivity index (χ1v) is 5.77. The standard InChI is InChI=1S/C14H20O2/c1-10(2)8-9-14(15)16-13-7-5-6-11(3)12(13)4/h5-7,10H,8-9H2,1-4H3. The molecule has 88 valence electrons. The number of hydrogen-bond acceptors (Lipinski definition) is 2. The molecule has 0 aliphatic heterocycles. The Bertz CT molecular complexity index is 367. The lowest BCUT2D eigenvalue weighted by Crippen LogP contribution is -2.10. The molecule has 0 heterocycles. The maximum Gasteiger partial charge on any atom is 0.311 e. The Balaban J connectivity index is 2.59. The zero-order chi connectivity index (χ0) is 12.1. The van der Waals surface area contributed by atoms with E-state index < -0.39 is 0 Å². The second-order valence-corrected chi connectivity index (χ2v) is 4.60. The summed E-state index contributed by atoms with van der Waals surface area (Å²) in [6.45, 7) is 8.19. The van der Waals surface area contributed by atoms with Crippen LogP contribution in [0, 0.1) is 19.8 Å². The van der Waals surface area contributed by atoms with Gasteiger partial charge in [0.25, 0.3) is 0 Å². The fraction of sp³-hybridized carbons (Fsp3) is 0.500. The van der Waals surface area contributed by atoms with Gasteiger partial charge in [0.2, 0.25) is 0 Å². The summed E-state index contributed by atoms with van der Waals surface area (Å²) in [5.41, 5.74) is 2.19. The average Bonchev–Trinajstić information content (AvgIpc) is 2.22. The van der Waals surface area contributed by atoms with Crippen LogP contribution in [0.2, 0.25) is 0 Å². The van der Waals surface area contributed by atoms with Crippen molar-refractivity contribution in [3.63, 3.8) is 0 Å². The Morgan fingerprint density at radius 3 is 2.62 bits per heavy atom. The summed E-state index contributed by atoms with van der Waals surface area (Å²) < 4.78 is 5.34. The molecule has 0 aliphatic carbocycles. The lowest BCUT2D eigenvalue weighted by atomic mass is 10.1. The number of carbonyl (C=O) groups is 1. The minimum Gasteiger partial charge on any atom is -0.426 e. The molecule has 2 nitrogen and oxygen atoms in total. The van der Waals surface area contributed by atoms with Crippen molar-refractivity contribution in [1.29, 1.82) is 0 Å². The van der Waals surface area contributed by atoms with Crippen molar-refractivity contribution < 1.29 is 9.53 Å². The molecule has 0 saturated carbocycles. The van der Waals surface area contributed by atoms with E-state index in [-0.39, 0.29) is 5.97 Å². The number of ether oxygens (including phenoxy) is 1. The summed E-state index contributed by atoms with van der Waals surface area (Å²) in [5.74, 6) is 1.09. The van der Waals surface area contributed by atoms with Gasteiger partial charge >= 0.3 is 5.97 Å². The van der Waals surface area contributed by atoms with Crippen LogP contribution in [0.5, 0.6) is 5.75 Å². The molecule has 0 bridgehead atoms. The van der Waals surface area contributed by atoms with Crippen molar-refractivity contribution in [3.8, 4) is 5.75 Å². The van der Waals surface area contributed by atoms with Crippen LogP contribution in [0.1, 0.15) is 37.8 Å². The predicted octanol–water partition coefficient (Wildman–Crippen LogP) is 3.65. The number of rotatable bonds is 4. The summed E-state index contributed by atoms with van der Waals surface area (Å²) in [7, 11) is 0. The Morgan fingerprint density at radius 1 is 1.31 bits per heavy atom. The predicted molar refractivity (Wildman–Crippen MR) is 65.6 cm³/mol. The molecule has 16 heavy (non-hydrogen) atoms. The van der Waals surface area contributed by atoms with E-state index >= 15 is 0 Å². The van der Waals surface area contributed by atoms with Crippen LogP contribution in [0.4, 0.5) is 0 Å². The van der Waals surface area contributed by atoms with Gasteiger partial charge in [-0.15, -0.1) is 0 Å². The van der Waals surface area contributed by atoms with Gasteiger partial charge in [-0.25, -0.2) is 0 Å². The zero-order valence-corrected chi connectivity index (χ0v) is 10.5. The highest BCUT2D eigenvalue weighted by Crippen LogP contribution is 2.21. The average molecular weight is 220 g/mol. The number of carbonyl (C=O) groups excluding carboxylic acids is 1. The summed E-state index contributed by atoms with van der Waals surface area (Å²) >= 11 is 0. The number of hydrogen-bond donors (Lipinski definition) is 0. The van der Waals surface area contributed by atoms with Gasteiger partial charge in [-0.1, -0.05) is 26.0 Å². The van der Waals surface area contributed by atoms with E-state index in [9.17, 15) is 4.79 Å². The molecular formula is C14H20O2. The van der Waals surface area contributed by atoms with Crippen LogP contribution in [0.3, 0.4) is 0 Å². The molecule has 0 saturated heterocycles. The Labute approximate surface area is 97.6 Å². The molecule has 0 unspecified atom stereocenters. The zero-order valence-electron chi connectivity index (χ0n) is 10.5. The van der Waals surface area contributed by atoms with Crippen molar-refractivity contribution >= 4 is 5.97 Å². The third-order valence-electron chi connectivity index (χ3n) is 2.70. The topological polar surface area (TPSA) is 26.3 Å². The first kappa shape index (κ1) is 12.8. The fourth-order valence-corrected chi connectivity index (χ4v) is 1.41. The lowest BCUT2D eigenvalue weighted by Gasteiger charge is -2.09. The van der Waals surface area contributed by atoms with Crippen LogP contribution < -0.4 is 4.74 Å². The monoisotopic (exact) mass is 220 g/mol. The van der Waals surface area contributed by atoms with Crippen molar-refractivity contribution in [3.05, 3.63) is 29.3 Å². The summed E-state index contributed by atoms with van der Waals surface area (Å²) in [4.78, 5) is 11.6. The molecule has 0 spiro atoms. The highest BCUT2D eigenvalue weighted by atomic mass is 16.5. The first-order chi connectivity index (χ1) is 7.50. The van der Waals surface area contributed by atoms with Gasteiger partial charge in [-0.3, -0.25) is 4.79 Å². The van der Waals surface area contributed by atoms with Gasteiger partial charge in [0.1, 0.15) is 5.75 Å². The lowest BCUT2D eigenvalue weighted by molar-refractivity contribution is -0.134. The molecule has 0 atom stereocenters. The van der Waals surface area contributed by atoms with E-state index in [0.717, 1.165) is 17.5 Å². The van der Waals surface area contributed by atoms with Crippen LogP contribution in [-0.4, -0.2) is 5.97 Å². The molecule has 0 aliphatic rings. The Kier molecular flexibility index (Phi) is 4.53. The SMILES string of the molecule is Cc1cccc(OC(=O)CCC(C)C)c1C. The highest BCUT2D eigenvalue weighted by molar-refractivity contribution is 5.72. The molecule has 0 fully saturated rings. The molecule has 0 N–H and O–H groups in total. The van der Waals surface area contributed by atoms with Gasteiger partial charge in [0, 0.05) is 6.42 Å². The van der Waals surface area contributed by atoms with Crippen LogP contribution in [0.25, 0.3) is 0 Å². The molecular weight excluding hydrogens is 200 g/mol. The number of benzene rings is 1. The van der Waals surface area contributed by atoms with E-state index in [1.807, 2.05) is 32.0 Å².